The molecule has 2 rings (SSSR count). The Bertz CT molecular complexity index is 612. The van der Waals surface area contributed by atoms with E-state index in [1.807, 2.05) is 6.08 Å². The Morgan fingerprint density at radius 3 is 2.27 bits per heavy atom. The molecule has 0 spiro atoms. The second kappa shape index (κ2) is 7.67. The fraction of sp³-hybridized carbons (Fsp3) is 0.800. The fourth-order valence-corrected chi connectivity index (χ4v) is 5.14. The van der Waals surface area contributed by atoms with Crippen LogP contribution in [0.5, 0.6) is 0 Å². The van der Waals surface area contributed by atoms with Crippen molar-refractivity contribution in [3.8, 4) is 6.07 Å². The number of nitrogens with zero attached hydrogens (tertiary/aromatic N) is 1. The Morgan fingerprint density at radius 1 is 1.19 bits per heavy atom. The van der Waals surface area contributed by atoms with Crippen LogP contribution in [0.25, 0.3) is 0 Å². The third kappa shape index (κ3) is 3.06. The summed E-state index contributed by atoms with van der Waals surface area (Å²) < 4.78 is 22.2. The summed E-state index contributed by atoms with van der Waals surface area (Å²) in [5.74, 6) is -0.439. The minimum absolute atomic E-state index is 0.0343. The topological polar surface area (TPSA) is 77.8 Å². The molecule has 0 aliphatic heterocycles. The van der Waals surface area contributed by atoms with Gasteiger partial charge >= 0.3 is 5.97 Å². The van der Waals surface area contributed by atoms with E-state index in [0.29, 0.717) is 12.8 Å². The van der Waals surface area contributed by atoms with E-state index in [-0.39, 0.29) is 23.9 Å². The molecule has 146 valence electrons. The molecule has 1 saturated carbocycles. The maximum absolute atomic E-state index is 12.5. The molecular weight excluding hydrogens is 334 g/mol. The highest BCUT2D eigenvalue weighted by molar-refractivity contribution is 5.80. The molecule has 0 N–H and O–H groups in total. The van der Waals surface area contributed by atoms with Gasteiger partial charge < -0.3 is 18.9 Å². The molecule has 2 aliphatic rings. The minimum atomic E-state index is -1.16. The normalized spacial score (nSPS) is 39.2. The Labute approximate surface area is 156 Å². The lowest BCUT2D eigenvalue weighted by Crippen LogP contribution is -2.59. The van der Waals surface area contributed by atoms with Gasteiger partial charge in [0.05, 0.1) is 30.8 Å². The molecule has 6 nitrogen and oxygen atoms in total. The van der Waals surface area contributed by atoms with E-state index in [1.54, 1.807) is 21.1 Å². The number of hydrogen-bond acceptors (Lipinski definition) is 6. The second-order valence-electron chi connectivity index (χ2n) is 7.86. The van der Waals surface area contributed by atoms with Crippen LogP contribution < -0.4 is 0 Å². The van der Waals surface area contributed by atoms with Crippen molar-refractivity contribution in [3.05, 3.63) is 11.6 Å². The van der Waals surface area contributed by atoms with Crippen LogP contribution in [0.3, 0.4) is 0 Å². The van der Waals surface area contributed by atoms with E-state index in [2.05, 4.69) is 19.9 Å². The second-order valence-corrected chi connectivity index (χ2v) is 7.86. The number of hydrogen-bond donors (Lipinski definition) is 0. The number of methoxy groups -OCH3 is 4. The van der Waals surface area contributed by atoms with Crippen LogP contribution in [0.1, 0.15) is 33.6 Å². The predicted octanol–water partition coefficient (Wildman–Crippen LogP) is 2.73. The first-order chi connectivity index (χ1) is 12.2. The Morgan fingerprint density at radius 2 is 1.81 bits per heavy atom. The summed E-state index contributed by atoms with van der Waals surface area (Å²) in [5.41, 5.74) is -0.860. The van der Waals surface area contributed by atoms with E-state index in [0.717, 1.165) is 5.57 Å². The average molecular weight is 365 g/mol. The number of fused-ring (bicyclic) bond motifs is 1. The summed E-state index contributed by atoms with van der Waals surface area (Å²) >= 11 is 0. The molecule has 0 bridgehead atoms. The van der Waals surface area contributed by atoms with Gasteiger partial charge in [-0.1, -0.05) is 19.9 Å². The molecule has 2 aliphatic carbocycles. The van der Waals surface area contributed by atoms with E-state index in [1.165, 1.54) is 14.2 Å². The van der Waals surface area contributed by atoms with Gasteiger partial charge in [0.25, 0.3) is 0 Å². The highest BCUT2D eigenvalue weighted by atomic mass is 16.6. The first kappa shape index (κ1) is 20.9. The van der Waals surface area contributed by atoms with Crippen LogP contribution in [0.15, 0.2) is 11.6 Å². The molecule has 0 radical (unpaired) electrons. The molecule has 0 aromatic heterocycles. The van der Waals surface area contributed by atoms with Crippen molar-refractivity contribution in [2.45, 2.75) is 51.4 Å². The van der Waals surface area contributed by atoms with Crippen LogP contribution in [0, 0.1) is 34.5 Å². The summed E-state index contributed by atoms with van der Waals surface area (Å²) in [4.78, 5) is 12.5. The van der Waals surface area contributed by atoms with Crippen molar-refractivity contribution in [1.82, 2.24) is 0 Å². The number of nitriles is 1. The Kier molecular flexibility index (Phi) is 6.17. The molecule has 26 heavy (non-hydrogen) atoms. The van der Waals surface area contributed by atoms with Crippen molar-refractivity contribution in [2.75, 3.05) is 28.4 Å². The van der Waals surface area contributed by atoms with Gasteiger partial charge in [0, 0.05) is 27.2 Å². The number of carbonyl (C=O) groups is 1. The van der Waals surface area contributed by atoms with Crippen LogP contribution in [0.2, 0.25) is 0 Å². The first-order valence-electron chi connectivity index (χ1n) is 9.07. The van der Waals surface area contributed by atoms with Crippen LogP contribution in [-0.4, -0.2) is 52.2 Å². The van der Waals surface area contributed by atoms with Crippen LogP contribution >= 0.6 is 0 Å². The van der Waals surface area contributed by atoms with E-state index >= 15 is 0 Å². The van der Waals surface area contributed by atoms with E-state index in [4.69, 9.17) is 18.9 Å². The van der Waals surface area contributed by atoms with Gasteiger partial charge in [-0.25, -0.2) is 4.79 Å². The zero-order valence-electron chi connectivity index (χ0n) is 16.9. The molecule has 6 heteroatoms. The first-order valence-corrected chi connectivity index (χ1v) is 9.07. The smallest absolute Gasteiger partial charge is 0.338 e. The van der Waals surface area contributed by atoms with Gasteiger partial charge in [0.2, 0.25) is 0 Å². The molecular formula is C20H31NO5. The summed E-state index contributed by atoms with van der Waals surface area (Å²) in [7, 11) is 6.16. The number of esters is 1. The van der Waals surface area contributed by atoms with Crippen LogP contribution in [-0.2, 0) is 23.7 Å². The SMILES string of the molecule is COC(=O)[C@](C)(OC)[C@@H]1[C@@H](C)C[C@]2(C#N)C[C@@H](C)[C@H](OC)C=C2[C@@H]1OC. The predicted molar refractivity (Wildman–Crippen MR) is 96.2 cm³/mol. The highest BCUT2D eigenvalue weighted by Crippen LogP contribution is 2.56. The molecule has 0 aromatic rings. The number of carbonyl (C=O) groups excluding carboxylic acids is 1. The van der Waals surface area contributed by atoms with Crippen LogP contribution in [0.4, 0.5) is 0 Å². The summed E-state index contributed by atoms with van der Waals surface area (Å²) in [6, 6.07) is 2.56. The van der Waals surface area contributed by atoms with E-state index in [9.17, 15) is 10.1 Å². The van der Waals surface area contributed by atoms with Crippen molar-refractivity contribution in [1.29, 1.82) is 5.26 Å². The zero-order chi connectivity index (χ0) is 19.7. The standard InChI is InChI=1S/C20H31NO5/c1-12-9-20(11-21)10-13(2)16(19(3,26-7)18(22)25-6)17(24-5)14(20)8-15(12)23-4/h8,12-13,15-17H,9-10H2,1-7H3/t12-,13+,15-,16-,17+,19-,20+/m1/s1. The van der Waals surface area contributed by atoms with Crippen molar-refractivity contribution < 1.29 is 23.7 Å². The summed E-state index contributed by atoms with van der Waals surface area (Å²) in [6.07, 6.45) is 2.89. The molecule has 0 unspecified atom stereocenters. The lowest BCUT2D eigenvalue weighted by molar-refractivity contribution is -0.185. The molecule has 0 amide bonds. The van der Waals surface area contributed by atoms with Gasteiger partial charge in [-0.15, -0.1) is 0 Å². The Hall–Kier alpha value is -1.42. The third-order valence-electron chi connectivity index (χ3n) is 6.43. The minimum Gasteiger partial charge on any atom is -0.467 e. The highest BCUT2D eigenvalue weighted by Gasteiger charge is 2.59. The molecule has 0 saturated heterocycles. The van der Waals surface area contributed by atoms with Gasteiger partial charge in [-0.3, -0.25) is 0 Å². The van der Waals surface area contributed by atoms with Crippen molar-refractivity contribution in [2.24, 2.45) is 23.2 Å². The maximum atomic E-state index is 12.5. The average Bonchev–Trinajstić information content (AvgIpc) is 2.64. The van der Waals surface area contributed by atoms with Gasteiger partial charge in [0.1, 0.15) is 0 Å². The molecule has 7 atom stereocenters. The molecule has 0 heterocycles. The summed E-state index contributed by atoms with van der Waals surface area (Å²) in [5, 5.41) is 10.1. The largest absolute Gasteiger partial charge is 0.467 e. The maximum Gasteiger partial charge on any atom is 0.338 e. The quantitative estimate of drug-likeness (QED) is 0.551. The van der Waals surface area contributed by atoms with Gasteiger partial charge in [-0.05, 0) is 37.2 Å². The Balaban J connectivity index is 2.60. The van der Waals surface area contributed by atoms with Crippen molar-refractivity contribution in [3.63, 3.8) is 0 Å². The third-order valence-corrected chi connectivity index (χ3v) is 6.43. The number of rotatable bonds is 5. The lowest BCUT2D eigenvalue weighted by Gasteiger charge is -2.53. The molecule has 0 aromatic carbocycles. The van der Waals surface area contributed by atoms with Gasteiger partial charge in [0.15, 0.2) is 5.60 Å². The zero-order valence-corrected chi connectivity index (χ0v) is 16.9. The lowest BCUT2D eigenvalue weighted by atomic mass is 9.54. The van der Waals surface area contributed by atoms with E-state index < -0.39 is 23.1 Å². The molecule has 1 fully saturated rings. The monoisotopic (exact) mass is 365 g/mol. The summed E-state index contributed by atoms with van der Waals surface area (Å²) in [6.45, 7) is 5.90. The number of ether oxygens (including phenoxy) is 4. The van der Waals surface area contributed by atoms with Gasteiger partial charge in [-0.2, -0.15) is 5.26 Å². The fourth-order valence-electron chi connectivity index (χ4n) is 5.14. The van der Waals surface area contributed by atoms with Crippen molar-refractivity contribution >= 4 is 5.97 Å².